The molecule has 20 heavy (non-hydrogen) atoms. The zero-order valence-electron chi connectivity index (χ0n) is 11.4. The summed E-state index contributed by atoms with van der Waals surface area (Å²) in [7, 11) is 0. The largest absolute Gasteiger partial charge is 0.397 e. The summed E-state index contributed by atoms with van der Waals surface area (Å²) in [6.45, 7) is 4.00. The van der Waals surface area contributed by atoms with Gasteiger partial charge in [-0.1, -0.05) is 0 Å². The zero-order valence-corrected chi connectivity index (χ0v) is 11.4. The van der Waals surface area contributed by atoms with Crippen LogP contribution in [0.1, 0.15) is 12.8 Å². The van der Waals surface area contributed by atoms with Crippen molar-refractivity contribution in [3.63, 3.8) is 0 Å². The van der Waals surface area contributed by atoms with Gasteiger partial charge in [0.15, 0.2) is 0 Å². The third-order valence-corrected chi connectivity index (χ3v) is 3.26. The van der Waals surface area contributed by atoms with Gasteiger partial charge >= 0.3 is 0 Å². The first-order valence-corrected chi connectivity index (χ1v) is 6.80. The maximum absolute atomic E-state index is 12.9. The molecule has 0 unspecified atom stereocenters. The van der Waals surface area contributed by atoms with Gasteiger partial charge in [0.2, 0.25) is 5.91 Å². The van der Waals surface area contributed by atoms with E-state index in [9.17, 15) is 9.18 Å². The van der Waals surface area contributed by atoms with E-state index in [4.69, 9.17) is 10.5 Å². The number of nitrogens with one attached hydrogen (secondary N) is 1. The predicted molar refractivity (Wildman–Crippen MR) is 75.9 cm³/mol. The molecule has 1 aliphatic heterocycles. The van der Waals surface area contributed by atoms with E-state index >= 15 is 0 Å². The lowest BCUT2D eigenvalue weighted by Gasteiger charge is -2.18. The Labute approximate surface area is 117 Å². The number of nitrogens with two attached hydrogens (primary N) is 1. The quantitative estimate of drug-likeness (QED) is 0.820. The number of rotatable bonds is 4. The fourth-order valence-corrected chi connectivity index (χ4v) is 2.14. The number of carbonyl (C=O) groups excluding carboxylic acids is 1. The first kappa shape index (κ1) is 14.7. The van der Waals surface area contributed by atoms with Crippen LogP contribution in [0.25, 0.3) is 0 Å². The molecule has 1 amide bonds. The smallest absolute Gasteiger partial charge is 0.225 e. The zero-order chi connectivity index (χ0) is 14.4. The number of carbonyl (C=O) groups is 1. The molecule has 6 heteroatoms. The van der Waals surface area contributed by atoms with Crippen LogP contribution in [0.3, 0.4) is 0 Å². The lowest BCUT2D eigenvalue weighted by Crippen LogP contribution is -2.30. The maximum Gasteiger partial charge on any atom is 0.225 e. The van der Waals surface area contributed by atoms with Crippen molar-refractivity contribution in [2.45, 2.75) is 12.8 Å². The molecule has 1 aromatic rings. The van der Waals surface area contributed by atoms with Gasteiger partial charge in [0.1, 0.15) is 5.82 Å². The van der Waals surface area contributed by atoms with Crippen molar-refractivity contribution in [2.24, 2.45) is 0 Å². The number of nitrogens with zero attached hydrogens (tertiary/aromatic N) is 1. The normalized spacial score (nSPS) is 16.6. The van der Waals surface area contributed by atoms with Crippen LogP contribution in [-0.4, -0.2) is 43.7 Å². The molecule has 1 aliphatic rings. The highest BCUT2D eigenvalue weighted by Gasteiger charge is 2.12. The standard InChI is InChI=1S/C14H20FN3O2/c15-11-2-3-13(12(16)10-11)17-14(19)4-6-18-5-1-8-20-9-7-18/h2-3,10H,1,4-9,16H2,(H,17,19). The molecule has 3 N–H and O–H groups in total. The summed E-state index contributed by atoms with van der Waals surface area (Å²) in [5, 5.41) is 2.70. The van der Waals surface area contributed by atoms with Crippen LogP contribution in [0, 0.1) is 5.82 Å². The number of halogens is 1. The van der Waals surface area contributed by atoms with Gasteiger partial charge in [0, 0.05) is 32.7 Å². The molecule has 0 aliphatic carbocycles. The summed E-state index contributed by atoms with van der Waals surface area (Å²) in [6, 6.07) is 3.95. The predicted octanol–water partition coefficient (Wildman–Crippen LogP) is 1.46. The third kappa shape index (κ3) is 4.47. The van der Waals surface area contributed by atoms with Crippen molar-refractivity contribution in [1.29, 1.82) is 0 Å². The molecule has 0 saturated carbocycles. The van der Waals surface area contributed by atoms with Gasteiger partial charge in [0.05, 0.1) is 18.0 Å². The van der Waals surface area contributed by atoms with E-state index in [1.807, 2.05) is 0 Å². The molecule has 1 fully saturated rings. The summed E-state index contributed by atoms with van der Waals surface area (Å²) in [5.41, 5.74) is 6.34. The van der Waals surface area contributed by atoms with Gasteiger partial charge in [0.25, 0.3) is 0 Å². The molecule has 0 bridgehead atoms. The molecule has 5 nitrogen and oxygen atoms in total. The molecular weight excluding hydrogens is 261 g/mol. The molecule has 1 aromatic carbocycles. The Morgan fingerprint density at radius 1 is 1.40 bits per heavy atom. The lowest BCUT2D eigenvalue weighted by molar-refractivity contribution is -0.116. The van der Waals surface area contributed by atoms with Crippen LogP contribution in [0.4, 0.5) is 15.8 Å². The van der Waals surface area contributed by atoms with Gasteiger partial charge < -0.3 is 20.7 Å². The lowest BCUT2D eigenvalue weighted by atomic mass is 10.2. The second-order valence-electron chi connectivity index (χ2n) is 4.84. The molecule has 0 radical (unpaired) electrons. The van der Waals surface area contributed by atoms with Crippen molar-refractivity contribution in [1.82, 2.24) is 4.90 Å². The summed E-state index contributed by atoms with van der Waals surface area (Å²) in [6.07, 6.45) is 1.38. The van der Waals surface area contributed by atoms with Crippen molar-refractivity contribution < 1.29 is 13.9 Å². The Bertz CT molecular complexity index is 460. The van der Waals surface area contributed by atoms with Crippen LogP contribution in [0.2, 0.25) is 0 Å². The van der Waals surface area contributed by atoms with E-state index < -0.39 is 5.82 Å². The summed E-state index contributed by atoms with van der Waals surface area (Å²) >= 11 is 0. The van der Waals surface area contributed by atoms with Gasteiger partial charge in [-0.2, -0.15) is 0 Å². The number of ether oxygens (including phenoxy) is 1. The number of hydrogen-bond donors (Lipinski definition) is 2. The number of amides is 1. The molecule has 1 heterocycles. The van der Waals surface area contributed by atoms with E-state index in [0.29, 0.717) is 25.3 Å². The average Bonchev–Trinajstić information content (AvgIpc) is 2.68. The molecule has 1 saturated heterocycles. The molecule has 0 spiro atoms. The SMILES string of the molecule is Nc1cc(F)ccc1NC(=O)CCN1CCCOCC1. The Morgan fingerprint density at radius 3 is 3.05 bits per heavy atom. The van der Waals surface area contributed by atoms with Crippen molar-refractivity contribution in [2.75, 3.05) is 43.9 Å². The summed E-state index contributed by atoms with van der Waals surface area (Å²) in [4.78, 5) is 14.1. The van der Waals surface area contributed by atoms with Gasteiger partial charge in [-0.25, -0.2) is 4.39 Å². The Hall–Kier alpha value is -1.66. The number of anilines is 2. The number of hydrogen-bond acceptors (Lipinski definition) is 4. The fraction of sp³-hybridized carbons (Fsp3) is 0.500. The Morgan fingerprint density at radius 2 is 2.25 bits per heavy atom. The topological polar surface area (TPSA) is 67.6 Å². The highest BCUT2D eigenvalue weighted by atomic mass is 19.1. The monoisotopic (exact) mass is 281 g/mol. The highest BCUT2D eigenvalue weighted by molar-refractivity contribution is 5.93. The van der Waals surface area contributed by atoms with Crippen LogP contribution >= 0.6 is 0 Å². The molecule has 0 atom stereocenters. The second kappa shape index (κ2) is 7.21. The van der Waals surface area contributed by atoms with Crippen LogP contribution in [0.15, 0.2) is 18.2 Å². The summed E-state index contributed by atoms with van der Waals surface area (Å²) < 4.78 is 18.3. The van der Waals surface area contributed by atoms with Gasteiger partial charge in [-0.3, -0.25) is 4.79 Å². The van der Waals surface area contributed by atoms with E-state index in [1.54, 1.807) is 0 Å². The van der Waals surface area contributed by atoms with Crippen molar-refractivity contribution in [3.05, 3.63) is 24.0 Å². The van der Waals surface area contributed by atoms with Crippen LogP contribution in [-0.2, 0) is 9.53 Å². The van der Waals surface area contributed by atoms with E-state index in [2.05, 4.69) is 10.2 Å². The molecular formula is C14H20FN3O2. The van der Waals surface area contributed by atoms with Crippen LogP contribution < -0.4 is 11.1 Å². The minimum absolute atomic E-state index is 0.117. The summed E-state index contributed by atoms with van der Waals surface area (Å²) in [5.74, 6) is -0.529. The number of benzene rings is 1. The maximum atomic E-state index is 12.9. The van der Waals surface area contributed by atoms with E-state index in [0.717, 1.165) is 26.1 Å². The van der Waals surface area contributed by atoms with Gasteiger partial charge in [-0.15, -0.1) is 0 Å². The second-order valence-corrected chi connectivity index (χ2v) is 4.84. The third-order valence-electron chi connectivity index (χ3n) is 3.26. The highest BCUT2D eigenvalue weighted by Crippen LogP contribution is 2.19. The Balaban J connectivity index is 1.79. The first-order chi connectivity index (χ1) is 9.65. The van der Waals surface area contributed by atoms with Gasteiger partial charge in [-0.05, 0) is 24.6 Å². The molecule has 110 valence electrons. The van der Waals surface area contributed by atoms with Crippen LogP contribution in [0.5, 0.6) is 0 Å². The van der Waals surface area contributed by atoms with E-state index in [1.165, 1.54) is 18.2 Å². The minimum atomic E-state index is -0.412. The van der Waals surface area contributed by atoms with E-state index in [-0.39, 0.29) is 11.6 Å². The molecule has 0 aromatic heterocycles. The van der Waals surface area contributed by atoms with Crippen molar-refractivity contribution in [3.8, 4) is 0 Å². The van der Waals surface area contributed by atoms with Crippen molar-refractivity contribution >= 4 is 17.3 Å². The molecule has 2 rings (SSSR count). The fourth-order valence-electron chi connectivity index (χ4n) is 2.14. The number of nitrogen functional groups attached to an aromatic ring is 1. The Kier molecular flexibility index (Phi) is 5.31. The average molecular weight is 281 g/mol. The first-order valence-electron chi connectivity index (χ1n) is 6.80. The minimum Gasteiger partial charge on any atom is -0.397 e.